The van der Waals surface area contributed by atoms with Gasteiger partial charge in [0, 0.05) is 37.6 Å². The monoisotopic (exact) mass is 303 g/mol. The first-order chi connectivity index (χ1) is 10.2. The molecule has 0 spiro atoms. The third-order valence-corrected chi connectivity index (χ3v) is 5.37. The SMILES string of the molecule is Nc1c(C(=O)N2CCN(C3CC3)CC2)sc2nnccc12. The Hall–Kier alpha value is -1.73. The molecule has 21 heavy (non-hydrogen) atoms. The highest BCUT2D eigenvalue weighted by atomic mass is 32.1. The van der Waals surface area contributed by atoms with Crippen LogP contribution < -0.4 is 5.73 Å². The molecule has 1 amide bonds. The molecule has 0 atom stereocenters. The molecule has 0 unspecified atom stereocenters. The van der Waals surface area contributed by atoms with Crippen molar-refractivity contribution < 1.29 is 4.79 Å². The smallest absolute Gasteiger partial charge is 0.266 e. The number of carbonyl (C=O) groups excluding carboxylic acids is 1. The number of anilines is 1. The number of hydrogen-bond acceptors (Lipinski definition) is 6. The first-order valence-electron chi connectivity index (χ1n) is 7.27. The third kappa shape index (κ3) is 2.26. The number of fused-ring (bicyclic) bond motifs is 1. The fraction of sp³-hybridized carbons (Fsp3) is 0.500. The summed E-state index contributed by atoms with van der Waals surface area (Å²) in [6, 6.07) is 2.59. The van der Waals surface area contributed by atoms with Gasteiger partial charge in [0.2, 0.25) is 0 Å². The summed E-state index contributed by atoms with van der Waals surface area (Å²) in [7, 11) is 0. The molecule has 6 nitrogen and oxygen atoms in total. The van der Waals surface area contributed by atoms with E-state index in [1.807, 2.05) is 11.0 Å². The van der Waals surface area contributed by atoms with Gasteiger partial charge in [0.15, 0.2) is 0 Å². The van der Waals surface area contributed by atoms with Gasteiger partial charge in [-0.25, -0.2) is 0 Å². The maximum atomic E-state index is 12.7. The van der Waals surface area contributed by atoms with Crippen LogP contribution in [0.2, 0.25) is 0 Å². The van der Waals surface area contributed by atoms with Crippen molar-refractivity contribution in [1.29, 1.82) is 0 Å². The number of hydrogen-bond donors (Lipinski definition) is 1. The highest BCUT2D eigenvalue weighted by Crippen LogP contribution is 2.33. The van der Waals surface area contributed by atoms with Gasteiger partial charge in [-0.1, -0.05) is 0 Å². The molecule has 1 aliphatic carbocycles. The highest BCUT2D eigenvalue weighted by Gasteiger charge is 2.33. The van der Waals surface area contributed by atoms with Gasteiger partial charge in [-0.05, 0) is 18.9 Å². The summed E-state index contributed by atoms with van der Waals surface area (Å²) >= 11 is 1.34. The summed E-state index contributed by atoms with van der Waals surface area (Å²) in [6.45, 7) is 3.52. The average Bonchev–Trinajstić information content (AvgIpc) is 3.32. The van der Waals surface area contributed by atoms with Crippen LogP contribution in [0.4, 0.5) is 5.69 Å². The van der Waals surface area contributed by atoms with Crippen molar-refractivity contribution >= 4 is 33.1 Å². The molecule has 0 radical (unpaired) electrons. The Labute approximate surface area is 126 Å². The maximum absolute atomic E-state index is 12.7. The summed E-state index contributed by atoms with van der Waals surface area (Å²) in [6.07, 6.45) is 4.24. The molecule has 2 aromatic heterocycles. The lowest BCUT2D eigenvalue weighted by Crippen LogP contribution is -2.49. The lowest BCUT2D eigenvalue weighted by atomic mass is 10.2. The molecule has 0 bridgehead atoms. The fourth-order valence-electron chi connectivity index (χ4n) is 2.91. The van der Waals surface area contributed by atoms with Crippen molar-refractivity contribution in [2.45, 2.75) is 18.9 Å². The number of nitrogen functional groups attached to an aromatic ring is 1. The molecule has 110 valence electrons. The molecule has 1 aliphatic heterocycles. The van der Waals surface area contributed by atoms with Crippen LogP contribution in [0.25, 0.3) is 10.2 Å². The van der Waals surface area contributed by atoms with Crippen LogP contribution in [0.15, 0.2) is 12.3 Å². The van der Waals surface area contributed by atoms with E-state index in [4.69, 9.17) is 5.73 Å². The number of nitrogens with zero attached hydrogens (tertiary/aromatic N) is 4. The fourth-order valence-corrected chi connectivity index (χ4v) is 3.91. The largest absolute Gasteiger partial charge is 0.397 e. The van der Waals surface area contributed by atoms with Gasteiger partial charge in [-0.3, -0.25) is 9.69 Å². The van der Waals surface area contributed by atoms with E-state index < -0.39 is 0 Å². The lowest BCUT2D eigenvalue weighted by Gasteiger charge is -2.34. The van der Waals surface area contributed by atoms with Gasteiger partial charge < -0.3 is 10.6 Å². The first-order valence-corrected chi connectivity index (χ1v) is 8.08. The zero-order valence-corrected chi connectivity index (χ0v) is 12.5. The van der Waals surface area contributed by atoms with E-state index in [0.29, 0.717) is 10.6 Å². The Bertz CT molecular complexity index is 688. The van der Waals surface area contributed by atoms with Crippen LogP contribution in [-0.2, 0) is 0 Å². The van der Waals surface area contributed by atoms with Crippen molar-refractivity contribution in [1.82, 2.24) is 20.0 Å². The molecule has 2 N–H and O–H groups in total. The average molecular weight is 303 g/mol. The summed E-state index contributed by atoms with van der Waals surface area (Å²) in [4.78, 5) is 18.4. The van der Waals surface area contributed by atoms with Gasteiger partial charge in [-0.2, -0.15) is 5.10 Å². The Morgan fingerprint density at radius 2 is 2.05 bits per heavy atom. The van der Waals surface area contributed by atoms with Gasteiger partial charge in [0.1, 0.15) is 9.71 Å². The zero-order valence-electron chi connectivity index (χ0n) is 11.7. The number of aromatic nitrogens is 2. The normalized spacial score (nSPS) is 20.1. The summed E-state index contributed by atoms with van der Waals surface area (Å²) in [5.74, 6) is 0.0333. The Balaban J connectivity index is 1.54. The van der Waals surface area contributed by atoms with Crippen LogP contribution in [0.1, 0.15) is 22.5 Å². The van der Waals surface area contributed by atoms with Gasteiger partial charge >= 0.3 is 0 Å². The minimum Gasteiger partial charge on any atom is -0.397 e. The molecule has 4 rings (SSSR count). The quantitative estimate of drug-likeness (QED) is 0.902. The second-order valence-electron chi connectivity index (χ2n) is 5.65. The van der Waals surface area contributed by atoms with Gasteiger partial charge in [-0.15, -0.1) is 16.4 Å². The zero-order chi connectivity index (χ0) is 14.4. The number of thiophene rings is 1. The van der Waals surface area contributed by atoms with Crippen molar-refractivity contribution in [3.8, 4) is 0 Å². The molecule has 1 saturated carbocycles. The molecule has 2 aromatic rings. The lowest BCUT2D eigenvalue weighted by molar-refractivity contribution is 0.0633. The minimum absolute atomic E-state index is 0.0333. The van der Waals surface area contributed by atoms with E-state index in [-0.39, 0.29) is 5.91 Å². The van der Waals surface area contributed by atoms with Crippen LogP contribution in [-0.4, -0.2) is 58.1 Å². The number of rotatable bonds is 2. The van der Waals surface area contributed by atoms with Crippen molar-refractivity contribution in [2.24, 2.45) is 0 Å². The molecule has 7 heteroatoms. The number of carbonyl (C=O) groups is 1. The standard InChI is InChI=1S/C14H17N5OS/c15-11-10-3-4-16-17-13(10)21-12(11)14(20)19-7-5-18(6-8-19)9-1-2-9/h3-4,9H,1-2,5-8,15H2. The number of piperazine rings is 1. The summed E-state index contributed by atoms with van der Waals surface area (Å²) in [5, 5.41) is 8.72. The van der Waals surface area contributed by atoms with E-state index in [2.05, 4.69) is 15.1 Å². The topological polar surface area (TPSA) is 75.4 Å². The highest BCUT2D eigenvalue weighted by molar-refractivity contribution is 7.21. The van der Waals surface area contributed by atoms with E-state index in [1.54, 1.807) is 6.20 Å². The molecule has 2 aliphatic rings. The molecule has 3 heterocycles. The van der Waals surface area contributed by atoms with E-state index >= 15 is 0 Å². The molecule has 2 fully saturated rings. The molecule has 0 aromatic carbocycles. The molecule has 1 saturated heterocycles. The van der Waals surface area contributed by atoms with Crippen LogP contribution in [0, 0.1) is 0 Å². The van der Waals surface area contributed by atoms with Crippen LogP contribution in [0.5, 0.6) is 0 Å². The first kappa shape index (κ1) is 13.0. The van der Waals surface area contributed by atoms with E-state index in [0.717, 1.165) is 42.4 Å². The van der Waals surface area contributed by atoms with Crippen LogP contribution >= 0.6 is 11.3 Å². The van der Waals surface area contributed by atoms with Crippen molar-refractivity contribution in [2.75, 3.05) is 31.9 Å². The minimum atomic E-state index is 0.0333. The maximum Gasteiger partial charge on any atom is 0.266 e. The predicted octanol–water partition coefficient (Wildman–Crippen LogP) is 1.19. The second-order valence-corrected chi connectivity index (χ2v) is 6.65. The number of amides is 1. The third-order valence-electron chi connectivity index (χ3n) is 4.28. The molecular formula is C14H17N5OS. The van der Waals surface area contributed by atoms with Crippen molar-refractivity contribution in [3.05, 3.63) is 17.1 Å². The molecular weight excluding hydrogens is 286 g/mol. The Kier molecular flexibility index (Phi) is 3.04. The summed E-state index contributed by atoms with van der Waals surface area (Å²) < 4.78 is 0. The van der Waals surface area contributed by atoms with Crippen LogP contribution in [0.3, 0.4) is 0 Å². The van der Waals surface area contributed by atoms with Gasteiger partial charge in [0.25, 0.3) is 5.91 Å². The Morgan fingerprint density at radius 1 is 1.29 bits per heavy atom. The van der Waals surface area contributed by atoms with Gasteiger partial charge in [0.05, 0.1) is 11.9 Å². The van der Waals surface area contributed by atoms with Crippen molar-refractivity contribution in [3.63, 3.8) is 0 Å². The number of nitrogens with two attached hydrogens (primary N) is 1. The second kappa shape index (κ2) is 4.92. The van der Waals surface area contributed by atoms with E-state index in [9.17, 15) is 4.79 Å². The predicted molar refractivity (Wildman–Crippen MR) is 82.3 cm³/mol. The van der Waals surface area contributed by atoms with E-state index in [1.165, 1.54) is 24.2 Å². The summed E-state index contributed by atoms with van der Waals surface area (Å²) in [5.41, 5.74) is 6.66. The Morgan fingerprint density at radius 3 is 2.71 bits per heavy atom.